The topological polar surface area (TPSA) is 35.2 Å². The standard InChI is InChI=1S/C11H14F3NO/c1-8-7-9(3-4-10(8)15)16-6-2-5-11(12,13)14/h3-4,7H,2,5-6,15H2,1H3. The zero-order chi connectivity index (χ0) is 12.2. The Bertz CT molecular complexity index is 350. The summed E-state index contributed by atoms with van der Waals surface area (Å²) in [7, 11) is 0. The van der Waals surface area contributed by atoms with Crippen molar-refractivity contribution in [1.29, 1.82) is 0 Å². The van der Waals surface area contributed by atoms with E-state index in [0.29, 0.717) is 11.4 Å². The van der Waals surface area contributed by atoms with Crippen molar-refractivity contribution in [1.82, 2.24) is 0 Å². The van der Waals surface area contributed by atoms with Crippen molar-refractivity contribution < 1.29 is 17.9 Å². The van der Waals surface area contributed by atoms with Crippen LogP contribution in [0.4, 0.5) is 18.9 Å². The molecule has 1 aromatic carbocycles. The molecule has 2 nitrogen and oxygen atoms in total. The number of ether oxygens (including phenoxy) is 1. The average Bonchev–Trinajstić information content (AvgIpc) is 2.17. The molecule has 0 saturated heterocycles. The monoisotopic (exact) mass is 233 g/mol. The summed E-state index contributed by atoms with van der Waals surface area (Å²) in [6.07, 6.45) is -4.96. The van der Waals surface area contributed by atoms with E-state index in [-0.39, 0.29) is 13.0 Å². The molecule has 0 fully saturated rings. The fourth-order valence-electron chi connectivity index (χ4n) is 1.20. The number of anilines is 1. The minimum Gasteiger partial charge on any atom is -0.494 e. The van der Waals surface area contributed by atoms with Gasteiger partial charge in [0.2, 0.25) is 0 Å². The van der Waals surface area contributed by atoms with Gasteiger partial charge in [-0.1, -0.05) is 0 Å². The predicted octanol–water partition coefficient (Wildman–Crippen LogP) is 3.30. The SMILES string of the molecule is Cc1cc(OCCCC(F)(F)F)ccc1N. The smallest absolute Gasteiger partial charge is 0.389 e. The largest absolute Gasteiger partial charge is 0.494 e. The lowest BCUT2D eigenvalue weighted by atomic mass is 10.2. The van der Waals surface area contributed by atoms with Gasteiger partial charge in [0.05, 0.1) is 6.61 Å². The second kappa shape index (κ2) is 5.09. The molecule has 0 aliphatic rings. The van der Waals surface area contributed by atoms with E-state index >= 15 is 0 Å². The van der Waals surface area contributed by atoms with Crippen LogP contribution in [0.25, 0.3) is 0 Å². The number of nitrogen functional groups attached to an aromatic ring is 1. The van der Waals surface area contributed by atoms with Gasteiger partial charge < -0.3 is 10.5 Å². The Morgan fingerprint density at radius 2 is 2.00 bits per heavy atom. The van der Waals surface area contributed by atoms with Gasteiger partial charge in [-0.15, -0.1) is 0 Å². The first-order chi connectivity index (χ1) is 7.38. The Labute approximate surface area is 92.2 Å². The third kappa shape index (κ3) is 4.42. The van der Waals surface area contributed by atoms with E-state index < -0.39 is 12.6 Å². The van der Waals surface area contributed by atoms with Gasteiger partial charge in [-0.25, -0.2) is 0 Å². The minimum absolute atomic E-state index is 0.0348. The maximum absolute atomic E-state index is 11.8. The van der Waals surface area contributed by atoms with Crippen molar-refractivity contribution in [2.45, 2.75) is 25.9 Å². The first kappa shape index (κ1) is 12.7. The normalized spacial score (nSPS) is 11.5. The molecule has 1 rings (SSSR count). The second-order valence-corrected chi connectivity index (χ2v) is 3.59. The van der Waals surface area contributed by atoms with E-state index in [1.807, 2.05) is 6.92 Å². The van der Waals surface area contributed by atoms with E-state index in [9.17, 15) is 13.2 Å². The molecule has 0 saturated carbocycles. The fourth-order valence-corrected chi connectivity index (χ4v) is 1.20. The maximum atomic E-state index is 11.8. The Balaban J connectivity index is 2.35. The van der Waals surface area contributed by atoms with Gasteiger partial charge in [0, 0.05) is 12.1 Å². The molecule has 0 radical (unpaired) electrons. The van der Waals surface area contributed by atoms with Crippen LogP contribution in [0.2, 0.25) is 0 Å². The van der Waals surface area contributed by atoms with E-state index in [2.05, 4.69) is 0 Å². The lowest BCUT2D eigenvalue weighted by Gasteiger charge is -2.09. The molecule has 0 atom stereocenters. The molecule has 0 spiro atoms. The number of halogens is 3. The molecule has 16 heavy (non-hydrogen) atoms. The van der Waals surface area contributed by atoms with Crippen molar-refractivity contribution >= 4 is 5.69 Å². The molecule has 0 aromatic heterocycles. The van der Waals surface area contributed by atoms with E-state index in [0.717, 1.165) is 5.56 Å². The average molecular weight is 233 g/mol. The van der Waals surface area contributed by atoms with Crippen molar-refractivity contribution in [3.8, 4) is 5.75 Å². The molecular weight excluding hydrogens is 219 g/mol. The van der Waals surface area contributed by atoms with Crippen molar-refractivity contribution in [3.05, 3.63) is 23.8 Å². The van der Waals surface area contributed by atoms with Crippen LogP contribution in [-0.2, 0) is 0 Å². The molecule has 5 heteroatoms. The molecule has 90 valence electrons. The molecular formula is C11H14F3NO. The zero-order valence-electron chi connectivity index (χ0n) is 8.97. The molecule has 0 heterocycles. The van der Waals surface area contributed by atoms with Gasteiger partial charge in [0.25, 0.3) is 0 Å². The van der Waals surface area contributed by atoms with Gasteiger partial charge in [0.15, 0.2) is 0 Å². The fraction of sp³-hybridized carbons (Fsp3) is 0.455. The highest BCUT2D eigenvalue weighted by Crippen LogP contribution is 2.22. The number of alkyl halides is 3. The van der Waals surface area contributed by atoms with Gasteiger partial charge in [-0.05, 0) is 37.1 Å². The molecule has 0 aliphatic carbocycles. The van der Waals surface area contributed by atoms with Gasteiger partial charge in [-0.3, -0.25) is 0 Å². The predicted molar refractivity (Wildman–Crippen MR) is 56.4 cm³/mol. The Morgan fingerprint density at radius 3 is 2.56 bits per heavy atom. The molecule has 0 aliphatic heterocycles. The quantitative estimate of drug-likeness (QED) is 0.639. The summed E-state index contributed by atoms with van der Waals surface area (Å²) in [5, 5.41) is 0. The van der Waals surface area contributed by atoms with E-state index in [1.54, 1.807) is 18.2 Å². The summed E-state index contributed by atoms with van der Waals surface area (Å²) < 4.78 is 40.7. The summed E-state index contributed by atoms with van der Waals surface area (Å²) in [4.78, 5) is 0. The van der Waals surface area contributed by atoms with Gasteiger partial charge >= 0.3 is 6.18 Å². The summed E-state index contributed by atoms with van der Waals surface area (Å²) in [5.41, 5.74) is 7.09. The summed E-state index contributed by atoms with van der Waals surface area (Å²) >= 11 is 0. The van der Waals surface area contributed by atoms with Crippen LogP contribution in [-0.4, -0.2) is 12.8 Å². The number of aryl methyl sites for hydroxylation is 1. The Hall–Kier alpha value is -1.39. The van der Waals surface area contributed by atoms with E-state index in [4.69, 9.17) is 10.5 Å². The van der Waals surface area contributed by atoms with Crippen molar-refractivity contribution in [2.75, 3.05) is 12.3 Å². The number of benzene rings is 1. The lowest BCUT2D eigenvalue weighted by molar-refractivity contribution is -0.136. The van der Waals surface area contributed by atoms with Crippen molar-refractivity contribution in [3.63, 3.8) is 0 Å². The summed E-state index contributed by atoms with van der Waals surface area (Å²) in [5.74, 6) is 0.550. The van der Waals surface area contributed by atoms with Crippen LogP contribution in [0.3, 0.4) is 0 Å². The first-order valence-corrected chi connectivity index (χ1v) is 4.94. The Kier molecular flexibility index (Phi) is 4.04. The molecule has 0 unspecified atom stereocenters. The summed E-state index contributed by atoms with van der Waals surface area (Å²) in [6.45, 7) is 1.88. The van der Waals surface area contributed by atoms with Crippen LogP contribution in [0.5, 0.6) is 5.75 Å². The highest BCUT2D eigenvalue weighted by Gasteiger charge is 2.26. The third-order valence-electron chi connectivity index (χ3n) is 2.11. The lowest BCUT2D eigenvalue weighted by Crippen LogP contribution is -2.09. The maximum Gasteiger partial charge on any atom is 0.389 e. The molecule has 1 aromatic rings. The number of rotatable bonds is 4. The Morgan fingerprint density at radius 1 is 1.31 bits per heavy atom. The van der Waals surface area contributed by atoms with Crippen LogP contribution < -0.4 is 10.5 Å². The molecule has 2 N–H and O–H groups in total. The van der Waals surface area contributed by atoms with Gasteiger partial charge in [-0.2, -0.15) is 13.2 Å². The second-order valence-electron chi connectivity index (χ2n) is 3.59. The van der Waals surface area contributed by atoms with Gasteiger partial charge in [0.1, 0.15) is 5.75 Å². The van der Waals surface area contributed by atoms with Crippen LogP contribution in [0, 0.1) is 6.92 Å². The zero-order valence-corrected chi connectivity index (χ0v) is 8.97. The number of nitrogens with two attached hydrogens (primary N) is 1. The van der Waals surface area contributed by atoms with Crippen molar-refractivity contribution in [2.24, 2.45) is 0 Å². The highest BCUT2D eigenvalue weighted by molar-refractivity contribution is 5.49. The first-order valence-electron chi connectivity index (χ1n) is 4.94. The number of hydrogen-bond donors (Lipinski definition) is 1. The minimum atomic E-state index is -4.11. The van der Waals surface area contributed by atoms with E-state index in [1.165, 1.54) is 0 Å². The third-order valence-corrected chi connectivity index (χ3v) is 2.11. The molecule has 0 amide bonds. The van der Waals surface area contributed by atoms with Crippen LogP contribution in [0.1, 0.15) is 18.4 Å². The van der Waals surface area contributed by atoms with Crippen LogP contribution in [0.15, 0.2) is 18.2 Å². The molecule has 0 bridgehead atoms. The number of hydrogen-bond acceptors (Lipinski definition) is 2. The summed E-state index contributed by atoms with van der Waals surface area (Å²) in [6, 6.07) is 5.03. The highest BCUT2D eigenvalue weighted by atomic mass is 19.4. The van der Waals surface area contributed by atoms with Crippen LogP contribution >= 0.6 is 0 Å².